The summed E-state index contributed by atoms with van der Waals surface area (Å²) in [5.41, 5.74) is 3.37. The topological polar surface area (TPSA) is 62.6 Å². The summed E-state index contributed by atoms with van der Waals surface area (Å²) in [4.78, 5) is 15.6. The van der Waals surface area contributed by atoms with Crippen LogP contribution in [0.25, 0.3) is 0 Å². The molecule has 146 valence electrons. The van der Waals surface area contributed by atoms with E-state index in [9.17, 15) is 4.79 Å². The Bertz CT molecular complexity index is 767. The first-order chi connectivity index (χ1) is 12.9. The van der Waals surface area contributed by atoms with E-state index in [0.29, 0.717) is 6.54 Å². The molecule has 1 aromatic carbocycles. The van der Waals surface area contributed by atoms with Crippen LogP contribution in [-0.2, 0) is 26.2 Å². The first-order valence-electron chi connectivity index (χ1n) is 9.39. The lowest BCUT2D eigenvalue weighted by atomic mass is 10.2. The van der Waals surface area contributed by atoms with E-state index in [1.165, 1.54) is 16.2 Å². The Morgan fingerprint density at radius 1 is 1.26 bits per heavy atom. The van der Waals surface area contributed by atoms with E-state index in [-0.39, 0.29) is 12.1 Å². The predicted octanol–water partition coefficient (Wildman–Crippen LogP) is 2.46. The number of aromatic nitrogens is 2. The van der Waals surface area contributed by atoms with Crippen molar-refractivity contribution in [3.63, 3.8) is 0 Å². The van der Waals surface area contributed by atoms with Crippen molar-refractivity contribution in [2.24, 2.45) is 0 Å². The molecule has 0 fully saturated rings. The minimum absolute atomic E-state index is 0.104. The highest BCUT2D eigenvalue weighted by molar-refractivity contribution is 5.73. The van der Waals surface area contributed by atoms with Gasteiger partial charge in [0.1, 0.15) is 5.75 Å². The fourth-order valence-corrected chi connectivity index (χ4v) is 3.13. The summed E-state index contributed by atoms with van der Waals surface area (Å²) in [7, 11) is 3.46. The van der Waals surface area contributed by atoms with Gasteiger partial charge in [0.05, 0.1) is 30.6 Å². The van der Waals surface area contributed by atoms with Crippen molar-refractivity contribution in [3.8, 4) is 5.75 Å². The zero-order valence-electron chi connectivity index (χ0n) is 16.6. The highest BCUT2D eigenvalue weighted by atomic mass is 16.5. The van der Waals surface area contributed by atoms with Crippen molar-refractivity contribution < 1.29 is 9.53 Å². The third-order valence-electron chi connectivity index (χ3n) is 4.46. The molecule has 1 N–H and O–H groups in total. The summed E-state index contributed by atoms with van der Waals surface area (Å²) in [6.45, 7) is 8.11. The summed E-state index contributed by atoms with van der Waals surface area (Å²) < 4.78 is 7.75. The number of nitrogens with one attached hydrogen (secondary N) is 1. The molecule has 27 heavy (non-hydrogen) atoms. The molecule has 0 aliphatic carbocycles. The Balaban J connectivity index is 1.55. The van der Waals surface area contributed by atoms with Crippen LogP contribution in [0, 0.1) is 0 Å². The van der Waals surface area contributed by atoms with Gasteiger partial charge in [0.2, 0.25) is 0 Å². The minimum atomic E-state index is -0.104. The second-order valence-electron chi connectivity index (χ2n) is 7.42. The van der Waals surface area contributed by atoms with Crippen LogP contribution in [0.15, 0.2) is 30.3 Å². The van der Waals surface area contributed by atoms with Gasteiger partial charge < -0.3 is 15.0 Å². The summed E-state index contributed by atoms with van der Waals surface area (Å²) in [6, 6.07) is 10.3. The van der Waals surface area contributed by atoms with Crippen LogP contribution in [-0.4, -0.2) is 52.4 Å². The van der Waals surface area contributed by atoms with Crippen molar-refractivity contribution in [3.05, 3.63) is 47.3 Å². The lowest BCUT2D eigenvalue weighted by molar-refractivity contribution is 0.204. The van der Waals surface area contributed by atoms with Crippen molar-refractivity contribution >= 4 is 6.03 Å². The van der Waals surface area contributed by atoms with E-state index in [1.54, 1.807) is 14.1 Å². The van der Waals surface area contributed by atoms with Crippen LogP contribution < -0.4 is 10.1 Å². The van der Waals surface area contributed by atoms with Crippen molar-refractivity contribution in [2.45, 2.75) is 46.1 Å². The monoisotopic (exact) mass is 371 g/mol. The zero-order valence-corrected chi connectivity index (χ0v) is 16.6. The zero-order chi connectivity index (χ0) is 19.4. The lowest BCUT2D eigenvalue weighted by Crippen LogP contribution is -2.34. The number of amides is 2. The molecule has 2 heterocycles. The molecular weight excluding hydrogens is 342 g/mol. The summed E-state index contributed by atoms with van der Waals surface area (Å²) in [5.74, 6) is 0.912. The lowest BCUT2D eigenvalue weighted by Gasteiger charge is -2.27. The highest BCUT2D eigenvalue weighted by Crippen LogP contribution is 2.19. The van der Waals surface area contributed by atoms with Crippen LogP contribution in [0.4, 0.5) is 4.79 Å². The summed E-state index contributed by atoms with van der Waals surface area (Å²) in [6.07, 6.45) is 0.190. The molecule has 0 unspecified atom stereocenters. The smallest absolute Gasteiger partial charge is 0.317 e. The molecule has 0 radical (unpaired) electrons. The molecule has 0 saturated heterocycles. The molecule has 2 aromatic rings. The molecule has 0 bridgehead atoms. The largest absolute Gasteiger partial charge is 0.491 e. The molecule has 1 aliphatic rings. The van der Waals surface area contributed by atoms with E-state index in [0.717, 1.165) is 37.6 Å². The van der Waals surface area contributed by atoms with Crippen molar-refractivity contribution in [1.82, 2.24) is 24.9 Å². The van der Waals surface area contributed by atoms with Crippen LogP contribution in [0.1, 0.15) is 30.8 Å². The summed E-state index contributed by atoms with van der Waals surface area (Å²) in [5, 5.41) is 7.47. The van der Waals surface area contributed by atoms with Crippen molar-refractivity contribution in [1.29, 1.82) is 0 Å². The molecule has 0 spiro atoms. The Labute approximate surface area is 160 Å². The molecule has 1 aromatic heterocycles. The number of benzene rings is 1. The highest BCUT2D eigenvalue weighted by Gasteiger charge is 2.19. The number of rotatable bonds is 6. The maximum atomic E-state index is 11.7. The second kappa shape index (κ2) is 8.43. The van der Waals surface area contributed by atoms with Gasteiger partial charge in [0.25, 0.3) is 0 Å². The Morgan fingerprint density at radius 3 is 2.67 bits per heavy atom. The third-order valence-corrected chi connectivity index (χ3v) is 4.46. The van der Waals surface area contributed by atoms with Gasteiger partial charge >= 0.3 is 6.03 Å². The van der Waals surface area contributed by atoms with E-state index >= 15 is 0 Å². The van der Waals surface area contributed by atoms with Gasteiger partial charge in [0.15, 0.2) is 0 Å². The van der Waals surface area contributed by atoms with Gasteiger partial charge in [-0.3, -0.25) is 9.58 Å². The molecule has 0 saturated carbocycles. The number of hydrogen-bond acceptors (Lipinski definition) is 4. The van der Waals surface area contributed by atoms with Crippen molar-refractivity contribution in [2.75, 3.05) is 20.6 Å². The van der Waals surface area contributed by atoms with Crippen LogP contribution in [0.2, 0.25) is 0 Å². The molecule has 7 heteroatoms. The molecule has 1 aliphatic heterocycles. The Morgan fingerprint density at radius 2 is 2.00 bits per heavy atom. The molecule has 7 nitrogen and oxygen atoms in total. The van der Waals surface area contributed by atoms with E-state index in [1.807, 2.05) is 30.7 Å². The molecule has 3 rings (SSSR count). The third kappa shape index (κ3) is 5.23. The van der Waals surface area contributed by atoms with Crippen LogP contribution in [0.3, 0.4) is 0 Å². The van der Waals surface area contributed by atoms with E-state index in [2.05, 4.69) is 33.5 Å². The number of carbonyl (C=O) groups is 1. The molecule has 0 atom stereocenters. The first kappa shape index (κ1) is 19.2. The number of fused-ring (bicyclic) bond motifs is 1. The second-order valence-corrected chi connectivity index (χ2v) is 7.42. The summed E-state index contributed by atoms with van der Waals surface area (Å²) >= 11 is 0. The van der Waals surface area contributed by atoms with Gasteiger partial charge in [-0.15, -0.1) is 0 Å². The Kier molecular flexibility index (Phi) is 6.01. The first-order valence-corrected chi connectivity index (χ1v) is 9.39. The average Bonchev–Trinajstić information content (AvgIpc) is 3.03. The maximum absolute atomic E-state index is 11.7. The number of hydrogen-bond donors (Lipinski definition) is 1. The quantitative estimate of drug-likeness (QED) is 0.847. The minimum Gasteiger partial charge on any atom is -0.491 e. The van der Waals surface area contributed by atoms with Gasteiger partial charge in [-0.1, -0.05) is 12.1 Å². The van der Waals surface area contributed by atoms with Crippen LogP contribution >= 0.6 is 0 Å². The normalized spacial score (nSPS) is 14.1. The number of ether oxygens (including phenoxy) is 1. The number of nitrogens with zero attached hydrogens (tertiary/aromatic N) is 4. The Hall–Kier alpha value is -2.54. The fraction of sp³-hybridized carbons (Fsp3) is 0.500. The number of urea groups is 1. The van der Waals surface area contributed by atoms with Crippen LogP contribution in [0.5, 0.6) is 5.75 Å². The van der Waals surface area contributed by atoms with Gasteiger partial charge in [-0.25, -0.2) is 4.79 Å². The predicted molar refractivity (Wildman–Crippen MR) is 104 cm³/mol. The van der Waals surface area contributed by atoms with E-state index in [4.69, 9.17) is 4.74 Å². The standard InChI is InChI=1S/C20H29N5O2/c1-15(2)27-19-7-5-16(6-8-19)13-24-9-10-25-18(14-24)11-17(22-25)12-21-20(26)23(3)4/h5-8,11,15H,9-10,12-14H2,1-4H3,(H,21,26). The van der Waals surface area contributed by atoms with Gasteiger partial charge in [-0.2, -0.15) is 5.10 Å². The average molecular weight is 371 g/mol. The molecular formula is C20H29N5O2. The van der Waals surface area contributed by atoms with Gasteiger partial charge in [0, 0.05) is 33.7 Å². The SMILES string of the molecule is CC(C)Oc1ccc(CN2CCn3nc(CNC(=O)N(C)C)cc3C2)cc1. The molecule has 2 amide bonds. The van der Waals surface area contributed by atoms with E-state index < -0.39 is 0 Å². The maximum Gasteiger partial charge on any atom is 0.317 e. The fourth-order valence-electron chi connectivity index (χ4n) is 3.13. The van der Waals surface area contributed by atoms with Gasteiger partial charge in [-0.05, 0) is 37.6 Å². The number of carbonyl (C=O) groups excluding carboxylic acids is 1.